The number of benzene rings is 3. The minimum absolute atomic E-state index is 0.0265. The summed E-state index contributed by atoms with van der Waals surface area (Å²) in [6, 6.07) is 18.9. The molecular weight excluding hydrogens is 1070 g/mol. The van der Waals surface area contributed by atoms with Crippen LogP contribution in [0.4, 0.5) is 16.3 Å². The maximum atomic E-state index is 14.5. The first-order valence-corrected chi connectivity index (χ1v) is 29.0. The van der Waals surface area contributed by atoms with Gasteiger partial charge < -0.3 is 60.3 Å². The Bertz CT molecular complexity index is 3390. The first-order chi connectivity index (χ1) is 36.3. The lowest BCUT2D eigenvalue weighted by Crippen LogP contribution is -2.43. The number of nitrogens with two attached hydrogens (primary N) is 1. The highest BCUT2D eigenvalue weighted by Crippen LogP contribution is 2.66. The number of nitrogen functional groups attached to an aromatic ring is 1. The SMILES string of the molecule is CC[N+]1=c2cc3c(cc2CCC1)=C(c1ccccc1C(=O)N(C)CCCC(=O)NCCNC(=O)O[C@H]1[C@@H](O)[C@H](n2cnc4c(N)ncnc42)O[C@@H]1COP(=O)(O)OP(=O)(O)OP(=O)(O)O)c1ccc(N(C)C)cc1C3(C)C. The third-order valence-electron chi connectivity index (χ3n) is 13.6. The molecule has 6 atom stereocenters. The Kier molecular flexibility index (Phi) is 16.9. The number of carbonyl (C=O) groups is 3. The molecule has 8 rings (SSSR count). The number of aliphatic hydroxyl groups excluding tert-OH is 1. The predicted molar refractivity (Wildman–Crippen MR) is 279 cm³/mol. The fourth-order valence-electron chi connectivity index (χ4n) is 9.93. The minimum Gasteiger partial charge on any atom is -0.440 e. The molecule has 4 heterocycles. The zero-order chi connectivity index (χ0) is 55.8. The Labute approximate surface area is 442 Å². The molecule has 2 aliphatic heterocycles. The van der Waals surface area contributed by atoms with E-state index < -0.39 is 60.7 Å². The van der Waals surface area contributed by atoms with Crippen LogP contribution in [0.3, 0.4) is 0 Å². The molecule has 2 unspecified atom stereocenters. The van der Waals surface area contributed by atoms with Gasteiger partial charge in [-0.05, 0) is 77.1 Å². The second-order valence-electron chi connectivity index (χ2n) is 19.4. The number of aliphatic hydroxyl groups is 1. The van der Waals surface area contributed by atoms with E-state index in [1.807, 2.05) is 38.4 Å². The molecule has 1 saturated heterocycles. The molecule has 29 heteroatoms. The molecule has 3 amide bonds. The van der Waals surface area contributed by atoms with Crippen LogP contribution in [-0.2, 0) is 52.9 Å². The molecular formula is C48H62N10O16P3+. The molecule has 414 valence electrons. The first kappa shape index (κ1) is 57.2. The number of aromatic nitrogens is 4. The molecule has 2 aromatic heterocycles. The number of nitrogens with one attached hydrogen (secondary N) is 2. The highest BCUT2D eigenvalue weighted by molar-refractivity contribution is 7.66. The van der Waals surface area contributed by atoms with Crippen molar-refractivity contribution in [3.05, 3.63) is 111 Å². The molecule has 3 aliphatic rings. The zero-order valence-corrected chi connectivity index (χ0v) is 45.7. The number of phosphoric ester groups is 1. The van der Waals surface area contributed by atoms with E-state index in [4.69, 9.17) is 29.5 Å². The second kappa shape index (κ2) is 22.8. The van der Waals surface area contributed by atoms with Gasteiger partial charge in [0.25, 0.3) is 5.91 Å². The van der Waals surface area contributed by atoms with Crippen LogP contribution in [0.5, 0.6) is 0 Å². The number of amides is 3. The van der Waals surface area contributed by atoms with Crippen molar-refractivity contribution in [3.8, 4) is 0 Å². The molecule has 77 heavy (non-hydrogen) atoms. The van der Waals surface area contributed by atoms with Crippen molar-refractivity contribution in [3.63, 3.8) is 0 Å². The maximum Gasteiger partial charge on any atom is 0.490 e. The van der Waals surface area contributed by atoms with E-state index in [1.165, 1.54) is 32.9 Å². The number of carbonyl (C=O) groups excluding carboxylic acids is 3. The van der Waals surface area contributed by atoms with E-state index >= 15 is 0 Å². The number of hydrogen-bond donors (Lipinski definition) is 8. The number of imidazole rings is 1. The molecule has 0 bridgehead atoms. The summed E-state index contributed by atoms with van der Waals surface area (Å²) in [5.74, 6) is -0.606. The summed E-state index contributed by atoms with van der Waals surface area (Å²) in [6.45, 7) is 7.53. The normalized spacial score (nSPS) is 20.3. The standard InChI is InChI=1S/C48H61N10O16P3/c1-7-57-21-10-12-28-22-33-35(24-36(28)57)48(2,3)34-23-29(55(4)5)16-17-32(34)39(33)30-13-8-9-14-31(30)45(61)56(6)20-11-15-38(59)50-18-19-51-47(62)72-42-37(25-70-76(66,67)74-77(68,69)73-75(63,64)65)71-46(41(42)60)58-27-54-40-43(49)52-26-53-44(40)58/h8-9,13-14,16-17,22-24,26-27,37,41-42,46,60H,7,10-12,15,18-21,25H2,1-6H3,(H7-,49,50,51,52,53,59,62,63,64,65,66,67,68,69)/p+1/t37-,41-,42-,46-/m1/s1. The molecule has 1 aliphatic carbocycles. The summed E-state index contributed by atoms with van der Waals surface area (Å²) in [7, 11) is -11.5. The van der Waals surface area contributed by atoms with Gasteiger partial charge in [-0.2, -0.15) is 8.62 Å². The van der Waals surface area contributed by atoms with Crippen molar-refractivity contribution in [2.24, 2.45) is 0 Å². The lowest BCUT2D eigenvalue weighted by atomic mass is 9.68. The van der Waals surface area contributed by atoms with Crippen LogP contribution < -0.4 is 36.4 Å². The first-order valence-electron chi connectivity index (χ1n) is 24.5. The zero-order valence-electron chi connectivity index (χ0n) is 43.0. The monoisotopic (exact) mass is 1130 g/mol. The van der Waals surface area contributed by atoms with Crippen LogP contribution in [0.1, 0.15) is 84.4 Å². The average Bonchev–Trinajstić information content (AvgIpc) is 3.98. The number of ether oxygens (including phenoxy) is 2. The van der Waals surface area contributed by atoms with Gasteiger partial charge in [0, 0.05) is 81.9 Å². The predicted octanol–water partition coefficient (Wildman–Crippen LogP) is 2.18. The summed E-state index contributed by atoms with van der Waals surface area (Å²) in [5.41, 5.74) is 13.8. The molecule has 5 aromatic rings. The number of fused-ring (bicyclic) bond motifs is 4. The largest absolute Gasteiger partial charge is 0.490 e. The number of hydrogen-bond acceptors (Lipinski definition) is 17. The summed E-state index contributed by atoms with van der Waals surface area (Å²) in [6.07, 6.45) is -3.11. The van der Waals surface area contributed by atoms with Gasteiger partial charge in [0.2, 0.25) is 11.3 Å². The quantitative estimate of drug-likeness (QED) is 0.0314. The van der Waals surface area contributed by atoms with Gasteiger partial charge >= 0.3 is 29.6 Å². The van der Waals surface area contributed by atoms with Crippen LogP contribution in [0.25, 0.3) is 16.7 Å². The van der Waals surface area contributed by atoms with E-state index in [1.54, 1.807) is 11.9 Å². The Balaban J connectivity index is 0.894. The smallest absolute Gasteiger partial charge is 0.440 e. The Morgan fingerprint density at radius 3 is 2.40 bits per heavy atom. The van der Waals surface area contributed by atoms with E-state index in [2.05, 4.69) is 94.8 Å². The summed E-state index contributed by atoms with van der Waals surface area (Å²) in [4.78, 5) is 93.7. The molecule has 1 fully saturated rings. The number of aryl methyl sites for hydroxylation is 1. The highest BCUT2D eigenvalue weighted by atomic mass is 31.3. The van der Waals surface area contributed by atoms with Crippen LogP contribution >= 0.6 is 23.5 Å². The molecule has 3 aromatic carbocycles. The van der Waals surface area contributed by atoms with Gasteiger partial charge in [-0.3, -0.25) is 18.7 Å². The number of anilines is 2. The van der Waals surface area contributed by atoms with Gasteiger partial charge in [0.15, 0.2) is 23.8 Å². The van der Waals surface area contributed by atoms with E-state index in [-0.39, 0.29) is 60.3 Å². The topological polar surface area (TPSA) is 353 Å². The third kappa shape index (κ3) is 12.7. The summed E-state index contributed by atoms with van der Waals surface area (Å²) in [5, 5.41) is 18.8. The molecule has 9 N–H and O–H groups in total. The molecule has 0 radical (unpaired) electrons. The number of alkyl carbamates (subject to hydrolysis) is 1. The van der Waals surface area contributed by atoms with Gasteiger partial charge in [-0.25, -0.2) is 38.0 Å². The lowest BCUT2D eigenvalue weighted by molar-refractivity contribution is -0.121. The van der Waals surface area contributed by atoms with E-state index in [0.717, 1.165) is 59.9 Å². The van der Waals surface area contributed by atoms with Crippen molar-refractivity contribution in [1.29, 1.82) is 0 Å². The van der Waals surface area contributed by atoms with Crippen LogP contribution in [0.2, 0.25) is 0 Å². The minimum atomic E-state index is -5.89. The third-order valence-corrected chi connectivity index (χ3v) is 17.4. The Morgan fingerprint density at radius 2 is 1.68 bits per heavy atom. The fourth-order valence-corrected chi connectivity index (χ4v) is 13.0. The van der Waals surface area contributed by atoms with Crippen molar-refractivity contribution >= 4 is 69.6 Å². The Hall–Kier alpha value is -5.98. The number of phosphoric acid groups is 3. The van der Waals surface area contributed by atoms with Gasteiger partial charge in [-0.1, -0.05) is 38.1 Å². The molecule has 0 spiro atoms. The van der Waals surface area contributed by atoms with Gasteiger partial charge in [-0.15, -0.1) is 0 Å². The lowest BCUT2D eigenvalue weighted by Gasteiger charge is -2.36. The van der Waals surface area contributed by atoms with Crippen molar-refractivity contribution < 1.29 is 75.4 Å². The van der Waals surface area contributed by atoms with Crippen molar-refractivity contribution in [2.75, 3.05) is 71.1 Å². The van der Waals surface area contributed by atoms with Crippen LogP contribution in [0.15, 0.2) is 67.3 Å². The number of rotatable bonds is 20. The van der Waals surface area contributed by atoms with Crippen LogP contribution in [0, 0.1) is 0 Å². The van der Waals surface area contributed by atoms with E-state index in [0.29, 0.717) is 12.0 Å². The molecule has 26 nitrogen and oxygen atoms in total. The van der Waals surface area contributed by atoms with Crippen molar-refractivity contribution in [1.82, 2.24) is 39.6 Å². The summed E-state index contributed by atoms with van der Waals surface area (Å²) >= 11 is 0. The molecule has 0 saturated carbocycles. The highest BCUT2D eigenvalue weighted by Gasteiger charge is 2.50. The van der Waals surface area contributed by atoms with E-state index in [9.17, 15) is 43.0 Å². The van der Waals surface area contributed by atoms with Crippen molar-refractivity contribution in [2.45, 2.75) is 76.4 Å². The maximum absolute atomic E-state index is 14.5. The summed E-state index contributed by atoms with van der Waals surface area (Å²) < 4.78 is 62.6. The Morgan fingerprint density at radius 1 is 0.935 bits per heavy atom. The fraction of sp³-hybridized carbons (Fsp3) is 0.438. The average molecular weight is 1130 g/mol. The second-order valence-corrected chi connectivity index (χ2v) is 23.8. The number of nitrogens with zero attached hydrogens (tertiary/aromatic N) is 7. The van der Waals surface area contributed by atoms with Gasteiger partial charge in [0.05, 0.1) is 12.9 Å². The van der Waals surface area contributed by atoms with Gasteiger partial charge in [0.1, 0.15) is 37.1 Å². The van der Waals surface area contributed by atoms with Crippen LogP contribution in [-0.4, -0.2) is 146 Å².